The van der Waals surface area contributed by atoms with Crippen molar-refractivity contribution < 1.29 is 23.1 Å². The van der Waals surface area contributed by atoms with Gasteiger partial charge in [-0.05, 0) is 25.3 Å². The first-order valence-electron chi connectivity index (χ1n) is 4.86. The number of alkyl halides is 3. The van der Waals surface area contributed by atoms with Crippen molar-refractivity contribution in [1.82, 2.24) is 4.90 Å². The number of hydrogen-bond donors (Lipinski definition) is 1. The van der Waals surface area contributed by atoms with Crippen molar-refractivity contribution in [3.8, 4) is 0 Å². The number of piperidine rings is 1. The van der Waals surface area contributed by atoms with Gasteiger partial charge in [-0.15, -0.1) is 0 Å². The standard InChI is InChI=1S/C9H14F3NO2/c10-9(11,12)8(15)5-13-3-1-2-7(4-13)6-14/h7,14H,1-6H2. The fourth-order valence-electron chi connectivity index (χ4n) is 1.74. The summed E-state index contributed by atoms with van der Waals surface area (Å²) in [5, 5.41) is 8.87. The monoisotopic (exact) mass is 225 g/mol. The Morgan fingerprint density at radius 2 is 2.13 bits per heavy atom. The minimum absolute atomic E-state index is 0.000200. The van der Waals surface area contributed by atoms with Crippen LogP contribution in [0.2, 0.25) is 0 Å². The molecule has 0 amide bonds. The maximum absolute atomic E-state index is 12.0. The van der Waals surface area contributed by atoms with Gasteiger partial charge in [0.15, 0.2) is 0 Å². The van der Waals surface area contributed by atoms with E-state index < -0.39 is 18.5 Å². The number of likely N-dealkylation sites (tertiary alicyclic amines) is 1. The third kappa shape index (κ3) is 3.79. The smallest absolute Gasteiger partial charge is 0.396 e. The van der Waals surface area contributed by atoms with E-state index >= 15 is 0 Å². The van der Waals surface area contributed by atoms with E-state index in [2.05, 4.69) is 0 Å². The van der Waals surface area contributed by atoms with Gasteiger partial charge in [-0.25, -0.2) is 0 Å². The van der Waals surface area contributed by atoms with Crippen LogP contribution >= 0.6 is 0 Å². The molecule has 1 atom stereocenters. The summed E-state index contributed by atoms with van der Waals surface area (Å²) in [6.45, 7) is 0.257. The highest BCUT2D eigenvalue weighted by atomic mass is 19.4. The molecule has 88 valence electrons. The van der Waals surface area contributed by atoms with E-state index in [1.165, 1.54) is 4.90 Å². The number of ketones is 1. The van der Waals surface area contributed by atoms with Crippen LogP contribution in [-0.2, 0) is 4.79 Å². The van der Waals surface area contributed by atoms with Gasteiger partial charge in [-0.3, -0.25) is 9.69 Å². The predicted molar refractivity (Wildman–Crippen MR) is 47.3 cm³/mol. The van der Waals surface area contributed by atoms with Crippen LogP contribution in [0.4, 0.5) is 13.2 Å². The molecule has 0 aromatic heterocycles. The van der Waals surface area contributed by atoms with Crippen molar-refractivity contribution in [2.45, 2.75) is 19.0 Å². The van der Waals surface area contributed by atoms with Gasteiger partial charge in [-0.2, -0.15) is 13.2 Å². The number of rotatable bonds is 3. The van der Waals surface area contributed by atoms with Gasteiger partial charge in [-0.1, -0.05) is 0 Å². The Bertz CT molecular complexity index is 230. The predicted octanol–water partition coefficient (Wildman–Crippen LogP) is 0.822. The fraction of sp³-hybridized carbons (Fsp3) is 0.889. The SMILES string of the molecule is O=C(CN1CCCC(CO)C1)C(F)(F)F. The second-order valence-corrected chi connectivity index (χ2v) is 3.85. The first kappa shape index (κ1) is 12.4. The van der Waals surface area contributed by atoms with Crippen molar-refractivity contribution in [3.05, 3.63) is 0 Å². The van der Waals surface area contributed by atoms with Crippen molar-refractivity contribution in [2.75, 3.05) is 26.2 Å². The number of aliphatic hydroxyl groups is 1. The van der Waals surface area contributed by atoms with Gasteiger partial charge in [0, 0.05) is 13.2 Å². The lowest BCUT2D eigenvalue weighted by Gasteiger charge is -2.31. The Kier molecular flexibility index (Phi) is 4.10. The van der Waals surface area contributed by atoms with Crippen LogP contribution in [0.1, 0.15) is 12.8 Å². The van der Waals surface area contributed by atoms with Crippen molar-refractivity contribution in [2.24, 2.45) is 5.92 Å². The van der Waals surface area contributed by atoms with Crippen molar-refractivity contribution >= 4 is 5.78 Å². The van der Waals surface area contributed by atoms with Gasteiger partial charge < -0.3 is 5.11 Å². The van der Waals surface area contributed by atoms with E-state index in [9.17, 15) is 18.0 Å². The molecule has 0 aromatic carbocycles. The molecular formula is C9H14F3NO2. The first-order chi connectivity index (χ1) is 6.93. The lowest BCUT2D eigenvalue weighted by molar-refractivity contribution is -0.172. The molecular weight excluding hydrogens is 211 g/mol. The molecule has 15 heavy (non-hydrogen) atoms. The van der Waals surface area contributed by atoms with Gasteiger partial charge in [0.1, 0.15) is 0 Å². The molecule has 1 rings (SSSR count). The molecule has 1 saturated heterocycles. The molecule has 1 aliphatic rings. The summed E-state index contributed by atoms with van der Waals surface area (Å²) >= 11 is 0. The van der Waals surface area contributed by atoms with E-state index in [-0.39, 0.29) is 12.5 Å². The van der Waals surface area contributed by atoms with Crippen molar-refractivity contribution in [3.63, 3.8) is 0 Å². The van der Waals surface area contributed by atoms with Gasteiger partial charge in [0.2, 0.25) is 5.78 Å². The molecule has 1 unspecified atom stereocenters. The van der Waals surface area contributed by atoms with Crippen LogP contribution in [-0.4, -0.2) is 48.2 Å². The summed E-state index contributed by atoms with van der Waals surface area (Å²) in [7, 11) is 0. The fourth-order valence-corrected chi connectivity index (χ4v) is 1.74. The first-order valence-corrected chi connectivity index (χ1v) is 4.86. The van der Waals surface area contributed by atoms with E-state index in [1.807, 2.05) is 0 Å². The number of aliphatic hydroxyl groups excluding tert-OH is 1. The quantitative estimate of drug-likeness (QED) is 0.773. The maximum atomic E-state index is 12.0. The summed E-state index contributed by atoms with van der Waals surface area (Å²) in [5.41, 5.74) is 0. The van der Waals surface area contributed by atoms with Crippen LogP contribution in [0, 0.1) is 5.92 Å². The minimum atomic E-state index is -4.74. The summed E-state index contributed by atoms with van der Waals surface area (Å²) in [6, 6.07) is 0. The molecule has 0 aromatic rings. The molecule has 1 aliphatic heterocycles. The molecule has 0 saturated carbocycles. The normalized spacial score (nSPS) is 24.1. The lowest BCUT2D eigenvalue weighted by Crippen LogP contribution is -2.43. The molecule has 1 N–H and O–H groups in total. The molecule has 0 radical (unpaired) electrons. The largest absolute Gasteiger partial charge is 0.451 e. The highest BCUT2D eigenvalue weighted by Gasteiger charge is 2.39. The summed E-state index contributed by atoms with van der Waals surface area (Å²) < 4.78 is 35.9. The van der Waals surface area contributed by atoms with Gasteiger partial charge in [0.25, 0.3) is 0 Å². The molecule has 6 heteroatoms. The number of carbonyl (C=O) groups is 1. The second-order valence-electron chi connectivity index (χ2n) is 3.85. The van der Waals surface area contributed by atoms with E-state index in [1.54, 1.807) is 0 Å². The Morgan fingerprint density at radius 1 is 1.47 bits per heavy atom. The van der Waals surface area contributed by atoms with E-state index in [4.69, 9.17) is 5.11 Å². The summed E-state index contributed by atoms with van der Waals surface area (Å²) in [5.74, 6) is -1.71. The zero-order valence-electron chi connectivity index (χ0n) is 8.26. The highest BCUT2D eigenvalue weighted by molar-refractivity contribution is 5.85. The lowest BCUT2D eigenvalue weighted by atomic mass is 9.99. The van der Waals surface area contributed by atoms with Crippen LogP contribution in [0.25, 0.3) is 0 Å². The number of Topliss-reactive ketones (excluding diaryl/α,β-unsaturated/α-hetero) is 1. The zero-order valence-corrected chi connectivity index (χ0v) is 8.26. The Hall–Kier alpha value is -0.620. The topological polar surface area (TPSA) is 40.5 Å². The van der Waals surface area contributed by atoms with Crippen LogP contribution in [0.3, 0.4) is 0 Å². The van der Waals surface area contributed by atoms with Gasteiger partial charge >= 0.3 is 6.18 Å². The molecule has 0 aliphatic carbocycles. The highest BCUT2D eigenvalue weighted by Crippen LogP contribution is 2.20. The molecule has 1 fully saturated rings. The third-order valence-corrected chi connectivity index (χ3v) is 2.54. The van der Waals surface area contributed by atoms with E-state index in [0.717, 1.165) is 12.8 Å². The average Bonchev–Trinajstić information content (AvgIpc) is 2.16. The molecule has 0 spiro atoms. The molecule has 3 nitrogen and oxygen atoms in total. The molecule has 0 bridgehead atoms. The molecule has 1 heterocycles. The average molecular weight is 225 g/mol. The second kappa shape index (κ2) is 4.94. The number of carbonyl (C=O) groups excluding carboxylic acids is 1. The third-order valence-electron chi connectivity index (χ3n) is 2.54. The minimum Gasteiger partial charge on any atom is -0.396 e. The van der Waals surface area contributed by atoms with Gasteiger partial charge in [0.05, 0.1) is 6.54 Å². The summed E-state index contributed by atoms with van der Waals surface area (Å²) in [4.78, 5) is 12.2. The Labute approximate surface area is 85.9 Å². The van der Waals surface area contributed by atoms with Crippen LogP contribution in [0.15, 0.2) is 0 Å². The summed E-state index contributed by atoms with van der Waals surface area (Å²) in [6.07, 6.45) is -3.20. The van der Waals surface area contributed by atoms with Crippen LogP contribution in [0.5, 0.6) is 0 Å². The maximum Gasteiger partial charge on any atom is 0.451 e. The number of halogens is 3. The Morgan fingerprint density at radius 3 is 2.67 bits per heavy atom. The van der Waals surface area contributed by atoms with E-state index in [0.29, 0.717) is 13.1 Å². The van der Waals surface area contributed by atoms with Crippen molar-refractivity contribution in [1.29, 1.82) is 0 Å². The number of hydrogen-bond acceptors (Lipinski definition) is 3. The number of nitrogens with zero attached hydrogens (tertiary/aromatic N) is 1. The van der Waals surface area contributed by atoms with Crippen LogP contribution < -0.4 is 0 Å². The zero-order chi connectivity index (χ0) is 11.5. The Balaban J connectivity index is 2.41.